The third-order valence-corrected chi connectivity index (χ3v) is 5.51. The Bertz CT molecular complexity index is 555. The molecule has 2 atom stereocenters. The maximum Gasteiger partial charge on any atom is 0.288 e. The van der Waals surface area contributed by atoms with Crippen molar-refractivity contribution in [3.05, 3.63) is 24.3 Å². The molecule has 0 radical (unpaired) electrons. The third-order valence-electron chi connectivity index (χ3n) is 4.81. The minimum Gasteiger partial charge on any atom is -0.326 e. The van der Waals surface area contributed by atoms with E-state index in [4.69, 9.17) is 0 Å². The van der Waals surface area contributed by atoms with E-state index < -0.39 is 5.76 Å². The van der Waals surface area contributed by atoms with E-state index in [1.165, 1.54) is 6.42 Å². The number of carbonyl (C=O) groups is 1. The lowest BCUT2D eigenvalue weighted by Gasteiger charge is -2.37. The fraction of sp³-hybridized carbons (Fsp3) is 0.562. The molecule has 1 heterocycles. The lowest BCUT2D eigenvalue weighted by molar-refractivity contribution is -0.128. The number of hydrogen-bond acceptors (Lipinski definition) is 3. The summed E-state index contributed by atoms with van der Waals surface area (Å²) in [6.07, 6.45) is 4.25. The second-order valence-electron chi connectivity index (χ2n) is 6.09. The minimum absolute atomic E-state index is 0.0291. The summed E-state index contributed by atoms with van der Waals surface area (Å²) in [7, 11) is 0. The SMILES string of the molecule is O=C(Nc1cccc(SC(F)F)c1)[C@@]12CCCC[C@H]1CNC2. The van der Waals surface area contributed by atoms with Gasteiger partial charge < -0.3 is 10.6 Å². The highest BCUT2D eigenvalue weighted by atomic mass is 32.2. The summed E-state index contributed by atoms with van der Waals surface area (Å²) in [6, 6.07) is 6.70. The van der Waals surface area contributed by atoms with Gasteiger partial charge in [-0.05, 0) is 43.5 Å². The van der Waals surface area contributed by atoms with Crippen LogP contribution in [0.15, 0.2) is 29.2 Å². The fourth-order valence-corrected chi connectivity index (χ4v) is 4.25. The highest BCUT2D eigenvalue weighted by Crippen LogP contribution is 2.44. The van der Waals surface area contributed by atoms with Crippen LogP contribution >= 0.6 is 11.8 Å². The maximum atomic E-state index is 12.8. The van der Waals surface area contributed by atoms with Gasteiger partial charge in [-0.25, -0.2) is 0 Å². The van der Waals surface area contributed by atoms with E-state index in [2.05, 4.69) is 10.6 Å². The van der Waals surface area contributed by atoms with Crippen LogP contribution in [0, 0.1) is 11.3 Å². The molecule has 3 rings (SSSR count). The molecule has 0 aromatic heterocycles. The van der Waals surface area contributed by atoms with Crippen LogP contribution in [0.25, 0.3) is 0 Å². The topological polar surface area (TPSA) is 41.1 Å². The second-order valence-corrected chi connectivity index (χ2v) is 7.15. The molecule has 1 amide bonds. The largest absolute Gasteiger partial charge is 0.326 e. The van der Waals surface area contributed by atoms with Crippen LogP contribution in [-0.2, 0) is 4.79 Å². The molecule has 120 valence electrons. The summed E-state index contributed by atoms with van der Waals surface area (Å²) in [5.41, 5.74) is 0.269. The van der Waals surface area contributed by atoms with Crippen LogP contribution in [0.4, 0.5) is 14.5 Å². The van der Waals surface area contributed by atoms with Crippen molar-refractivity contribution in [1.29, 1.82) is 0 Å². The predicted molar refractivity (Wildman–Crippen MR) is 84.2 cm³/mol. The van der Waals surface area contributed by atoms with Gasteiger partial charge in [-0.3, -0.25) is 4.79 Å². The summed E-state index contributed by atoms with van der Waals surface area (Å²) < 4.78 is 24.9. The Morgan fingerprint density at radius 1 is 1.41 bits per heavy atom. The van der Waals surface area contributed by atoms with Crippen molar-refractivity contribution in [2.75, 3.05) is 18.4 Å². The molecule has 1 aromatic carbocycles. The Morgan fingerprint density at radius 2 is 2.27 bits per heavy atom. The smallest absolute Gasteiger partial charge is 0.288 e. The summed E-state index contributed by atoms with van der Waals surface area (Å²) in [5, 5.41) is 6.30. The van der Waals surface area contributed by atoms with E-state index in [1.54, 1.807) is 24.3 Å². The lowest BCUT2D eigenvalue weighted by atomic mass is 9.67. The van der Waals surface area contributed by atoms with Gasteiger partial charge in [0, 0.05) is 17.1 Å². The predicted octanol–water partition coefficient (Wildman–Crippen LogP) is 3.72. The molecule has 2 N–H and O–H groups in total. The molecule has 0 unspecified atom stereocenters. The van der Waals surface area contributed by atoms with E-state index >= 15 is 0 Å². The van der Waals surface area contributed by atoms with E-state index in [9.17, 15) is 13.6 Å². The number of benzene rings is 1. The highest BCUT2D eigenvalue weighted by Gasteiger charge is 2.49. The van der Waals surface area contributed by atoms with E-state index in [-0.39, 0.29) is 11.3 Å². The number of carbonyl (C=O) groups excluding carboxylic acids is 1. The van der Waals surface area contributed by atoms with Crippen molar-refractivity contribution in [2.24, 2.45) is 11.3 Å². The fourth-order valence-electron chi connectivity index (χ4n) is 3.70. The van der Waals surface area contributed by atoms with Crippen LogP contribution in [-0.4, -0.2) is 24.8 Å². The monoisotopic (exact) mass is 326 g/mol. The van der Waals surface area contributed by atoms with Gasteiger partial charge in [0.15, 0.2) is 0 Å². The average molecular weight is 326 g/mol. The molecule has 1 aliphatic carbocycles. The number of anilines is 1. The number of alkyl halides is 2. The van der Waals surface area contributed by atoms with E-state index in [1.807, 2.05) is 0 Å². The van der Waals surface area contributed by atoms with Gasteiger partial charge in [0.05, 0.1) is 5.41 Å². The van der Waals surface area contributed by atoms with Crippen LogP contribution in [0.3, 0.4) is 0 Å². The van der Waals surface area contributed by atoms with Gasteiger partial charge >= 0.3 is 0 Å². The van der Waals surface area contributed by atoms with Gasteiger partial charge in [0.2, 0.25) is 5.91 Å². The maximum absolute atomic E-state index is 12.8. The molecule has 3 nitrogen and oxygen atoms in total. The van der Waals surface area contributed by atoms with Crippen molar-refractivity contribution in [2.45, 2.75) is 36.3 Å². The van der Waals surface area contributed by atoms with Crippen molar-refractivity contribution < 1.29 is 13.6 Å². The summed E-state index contributed by atoms with van der Waals surface area (Å²) >= 11 is 0.496. The molecule has 2 aliphatic rings. The van der Waals surface area contributed by atoms with Crippen LogP contribution in [0.1, 0.15) is 25.7 Å². The van der Waals surface area contributed by atoms with Gasteiger partial charge in [-0.1, -0.05) is 30.7 Å². The lowest BCUT2D eigenvalue weighted by Crippen LogP contribution is -2.44. The summed E-state index contributed by atoms with van der Waals surface area (Å²) in [5.74, 6) is -2.03. The molecule has 22 heavy (non-hydrogen) atoms. The molecule has 2 fully saturated rings. The number of nitrogens with one attached hydrogen (secondary N) is 2. The van der Waals surface area contributed by atoms with Crippen LogP contribution in [0.5, 0.6) is 0 Å². The highest BCUT2D eigenvalue weighted by molar-refractivity contribution is 7.99. The standard InChI is InChI=1S/C16H20F2N2OS/c17-15(18)22-13-6-3-5-12(8-13)20-14(21)16-7-2-1-4-11(16)9-19-10-16/h3,5-6,8,11,15,19H,1-2,4,7,9-10H2,(H,20,21)/t11-,16+/m0/s1. The van der Waals surface area contributed by atoms with E-state index in [0.29, 0.717) is 28.3 Å². The third kappa shape index (κ3) is 3.13. The summed E-state index contributed by atoms with van der Waals surface area (Å²) in [6.45, 7) is 1.61. The molecular formula is C16H20F2N2OS. The van der Waals surface area contributed by atoms with Crippen molar-refractivity contribution in [3.63, 3.8) is 0 Å². The Kier molecular flexibility index (Phi) is 4.68. The number of hydrogen-bond donors (Lipinski definition) is 2. The Balaban J connectivity index is 1.73. The quantitative estimate of drug-likeness (QED) is 0.829. The zero-order chi connectivity index (χ0) is 15.6. The van der Waals surface area contributed by atoms with E-state index in [0.717, 1.165) is 32.4 Å². The molecular weight excluding hydrogens is 306 g/mol. The second kappa shape index (κ2) is 6.54. The summed E-state index contributed by atoms with van der Waals surface area (Å²) in [4.78, 5) is 13.3. The molecule has 1 saturated heterocycles. The zero-order valence-corrected chi connectivity index (χ0v) is 13.1. The first kappa shape index (κ1) is 15.7. The number of fused-ring (bicyclic) bond motifs is 1. The van der Waals surface area contributed by atoms with Crippen molar-refractivity contribution in [1.82, 2.24) is 5.32 Å². The number of rotatable bonds is 4. The Hall–Kier alpha value is -1.14. The van der Waals surface area contributed by atoms with Crippen LogP contribution in [0.2, 0.25) is 0 Å². The van der Waals surface area contributed by atoms with Crippen molar-refractivity contribution in [3.8, 4) is 0 Å². The molecule has 6 heteroatoms. The van der Waals surface area contributed by atoms with Gasteiger partial charge in [0.25, 0.3) is 5.76 Å². The van der Waals surface area contributed by atoms with Crippen molar-refractivity contribution >= 4 is 23.4 Å². The number of amides is 1. The molecule has 0 bridgehead atoms. The first-order chi connectivity index (χ1) is 10.6. The first-order valence-corrected chi connectivity index (χ1v) is 8.55. The molecule has 1 saturated carbocycles. The van der Waals surface area contributed by atoms with Gasteiger partial charge in [0.1, 0.15) is 0 Å². The van der Waals surface area contributed by atoms with Gasteiger partial charge in [-0.15, -0.1) is 0 Å². The Labute approximate surface area is 133 Å². The van der Waals surface area contributed by atoms with Crippen LogP contribution < -0.4 is 10.6 Å². The number of thioether (sulfide) groups is 1. The average Bonchev–Trinajstić information content (AvgIpc) is 2.92. The minimum atomic E-state index is -2.45. The first-order valence-electron chi connectivity index (χ1n) is 7.67. The molecule has 1 aromatic rings. The molecule has 0 spiro atoms. The Morgan fingerprint density at radius 3 is 3.09 bits per heavy atom. The number of halogens is 2. The normalized spacial score (nSPS) is 27.7. The molecule has 1 aliphatic heterocycles. The van der Waals surface area contributed by atoms with Gasteiger partial charge in [-0.2, -0.15) is 8.78 Å². The zero-order valence-electron chi connectivity index (χ0n) is 12.3.